The quantitative estimate of drug-likeness (QED) is 0.880. The van der Waals surface area contributed by atoms with E-state index in [0.29, 0.717) is 0 Å². The van der Waals surface area contributed by atoms with Crippen molar-refractivity contribution in [2.75, 3.05) is 5.32 Å². The minimum absolute atomic E-state index is 0.0769. The summed E-state index contributed by atoms with van der Waals surface area (Å²) in [5.41, 5.74) is 3.50. The van der Waals surface area contributed by atoms with E-state index in [9.17, 15) is 0 Å². The fourth-order valence-corrected chi connectivity index (χ4v) is 1.99. The van der Waals surface area contributed by atoms with Crippen molar-refractivity contribution in [2.45, 2.75) is 32.7 Å². The van der Waals surface area contributed by atoms with Gasteiger partial charge in [-0.15, -0.1) is 0 Å². The van der Waals surface area contributed by atoms with Gasteiger partial charge in [0, 0.05) is 33.9 Å². The van der Waals surface area contributed by atoms with E-state index in [1.54, 1.807) is 0 Å². The molecule has 2 aromatic rings. The van der Waals surface area contributed by atoms with E-state index in [-0.39, 0.29) is 5.41 Å². The van der Waals surface area contributed by atoms with Crippen LogP contribution in [-0.2, 0) is 12.0 Å². The Kier molecular flexibility index (Phi) is 3.62. The molecule has 1 heterocycles. The highest BCUT2D eigenvalue weighted by Crippen LogP contribution is 2.24. The number of H-pyrrole nitrogens is 1. The van der Waals surface area contributed by atoms with Gasteiger partial charge in [0.15, 0.2) is 0 Å². The van der Waals surface area contributed by atoms with Crippen molar-refractivity contribution < 1.29 is 0 Å². The molecule has 18 heavy (non-hydrogen) atoms. The zero-order chi connectivity index (χ0) is 13.2. The summed E-state index contributed by atoms with van der Waals surface area (Å²) in [5.74, 6) is 0. The van der Waals surface area contributed by atoms with Gasteiger partial charge in [-0.2, -0.15) is 5.10 Å². The third-order valence-corrected chi connectivity index (χ3v) is 3.05. The molecule has 3 nitrogen and oxygen atoms in total. The van der Waals surface area contributed by atoms with Crippen LogP contribution in [0.4, 0.5) is 5.69 Å². The summed E-state index contributed by atoms with van der Waals surface area (Å²) in [4.78, 5) is 0. The molecule has 0 saturated heterocycles. The van der Waals surface area contributed by atoms with Crippen LogP contribution in [0.3, 0.4) is 0 Å². The molecule has 4 heteroatoms. The number of anilines is 1. The van der Waals surface area contributed by atoms with Gasteiger partial charge in [0.05, 0.1) is 6.20 Å². The first-order valence-electron chi connectivity index (χ1n) is 5.99. The van der Waals surface area contributed by atoms with Crippen LogP contribution in [0.1, 0.15) is 32.0 Å². The molecule has 0 fully saturated rings. The number of rotatable bonds is 3. The van der Waals surface area contributed by atoms with Gasteiger partial charge < -0.3 is 5.32 Å². The van der Waals surface area contributed by atoms with Crippen LogP contribution in [-0.4, -0.2) is 10.2 Å². The molecule has 0 radical (unpaired) electrons. The first kappa shape index (κ1) is 13.0. The maximum absolute atomic E-state index is 5.85. The molecule has 0 amide bonds. The Balaban J connectivity index is 2.07. The van der Waals surface area contributed by atoms with Crippen molar-refractivity contribution in [3.63, 3.8) is 0 Å². The Morgan fingerprint density at radius 3 is 2.50 bits per heavy atom. The van der Waals surface area contributed by atoms with Gasteiger partial charge in [-0.1, -0.05) is 32.4 Å². The van der Waals surface area contributed by atoms with E-state index < -0.39 is 0 Å². The van der Waals surface area contributed by atoms with Crippen molar-refractivity contribution >= 4 is 17.3 Å². The van der Waals surface area contributed by atoms with Gasteiger partial charge in [-0.3, -0.25) is 5.10 Å². The SMILES string of the molecule is CC(C)(C)c1[nH]ncc1CNc1ccc(Cl)cc1. The van der Waals surface area contributed by atoms with Crippen LogP contribution in [0.5, 0.6) is 0 Å². The molecule has 0 bridgehead atoms. The van der Waals surface area contributed by atoms with E-state index in [0.717, 1.165) is 17.3 Å². The second kappa shape index (κ2) is 5.02. The molecule has 0 aliphatic rings. The Morgan fingerprint density at radius 1 is 1.22 bits per heavy atom. The molecule has 2 N–H and O–H groups in total. The summed E-state index contributed by atoms with van der Waals surface area (Å²) >= 11 is 5.85. The molecule has 96 valence electrons. The van der Waals surface area contributed by atoms with Crippen LogP contribution in [0, 0.1) is 0 Å². The van der Waals surface area contributed by atoms with Crippen LogP contribution in [0.15, 0.2) is 30.5 Å². The highest BCUT2D eigenvalue weighted by atomic mass is 35.5. The number of aromatic nitrogens is 2. The minimum Gasteiger partial charge on any atom is -0.381 e. The van der Waals surface area contributed by atoms with Crippen molar-refractivity contribution in [3.8, 4) is 0 Å². The lowest BCUT2D eigenvalue weighted by Crippen LogP contribution is -2.15. The Hall–Kier alpha value is -1.48. The largest absolute Gasteiger partial charge is 0.381 e. The zero-order valence-corrected chi connectivity index (χ0v) is 11.7. The van der Waals surface area contributed by atoms with Gasteiger partial charge in [0.25, 0.3) is 0 Å². The molecule has 0 aliphatic carbocycles. The third-order valence-electron chi connectivity index (χ3n) is 2.80. The maximum atomic E-state index is 5.85. The van der Waals surface area contributed by atoms with Crippen molar-refractivity contribution in [3.05, 3.63) is 46.7 Å². The van der Waals surface area contributed by atoms with Crippen LogP contribution in [0.25, 0.3) is 0 Å². The molecule has 0 saturated carbocycles. The van der Waals surface area contributed by atoms with Crippen molar-refractivity contribution in [1.82, 2.24) is 10.2 Å². The summed E-state index contributed by atoms with van der Waals surface area (Å²) in [7, 11) is 0. The fourth-order valence-electron chi connectivity index (χ4n) is 1.86. The molecule has 0 aliphatic heterocycles. The topological polar surface area (TPSA) is 40.7 Å². The van der Waals surface area contributed by atoms with E-state index >= 15 is 0 Å². The molecule has 0 unspecified atom stereocenters. The molecule has 0 atom stereocenters. The number of hydrogen-bond donors (Lipinski definition) is 2. The zero-order valence-electron chi connectivity index (χ0n) is 10.9. The Bertz CT molecular complexity index is 509. The van der Waals surface area contributed by atoms with Crippen LogP contribution >= 0.6 is 11.6 Å². The van der Waals surface area contributed by atoms with E-state index in [2.05, 4.69) is 36.3 Å². The summed E-state index contributed by atoms with van der Waals surface area (Å²) in [6.45, 7) is 7.27. The number of aromatic amines is 1. The van der Waals surface area contributed by atoms with Gasteiger partial charge >= 0.3 is 0 Å². The molecule has 2 rings (SSSR count). The minimum atomic E-state index is 0.0769. The van der Waals surface area contributed by atoms with E-state index in [1.165, 1.54) is 11.3 Å². The Labute approximate surface area is 113 Å². The lowest BCUT2D eigenvalue weighted by atomic mass is 9.89. The molecule has 1 aromatic heterocycles. The first-order valence-corrected chi connectivity index (χ1v) is 6.37. The Morgan fingerprint density at radius 2 is 1.89 bits per heavy atom. The van der Waals surface area contributed by atoms with Gasteiger partial charge in [0.1, 0.15) is 0 Å². The predicted octanol–water partition coefficient (Wildman–Crippen LogP) is 3.97. The molecule has 1 aromatic carbocycles. The standard InChI is InChI=1S/C14H18ClN3/c1-14(2,3)13-10(9-17-18-13)8-16-12-6-4-11(15)5-7-12/h4-7,9,16H,8H2,1-3H3,(H,17,18). The normalized spacial score (nSPS) is 11.6. The maximum Gasteiger partial charge on any atom is 0.0540 e. The number of nitrogens with zero attached hydrogens (tertiary/aromatic N) is 1. The number of hydrogen-bond acceptors (Lipinski definition) is 2. The highest BCUT2D eigenvalue weighted by Gasteiger charge is 2.19. The smallest absolute Gasteiger partial charge is 0.0540 e. The van der Waals surface area contributed by atoms with E-state index in [1.807, 2.05) is 30.5 Å². The number of halogens is 1. The fraction of sp³-hybridized carbons (Fsp3) is 0.357. The lowest BCUT2D eigenvalue weighted by Gasteiger charge is -2.18. The molecule has 0 spiro atoms. The highest BCUT2D eigenvalue weighted by molar-refractivity contribution is 6.30. The monoisotopic (exact) mass is 263 g/mol. The van der Waals surface area contributed by atoms with Crippen LogP contribution < -0.4 is 5.32 Å². The predicted molar refractivity (Wildman–Crippen MR) is 76.1 cm³/mol. The summed E-state index contributed by atoms with van der Waals surface area (Å²) in [5, 5.41) is 11.3. The molecular weight excluding hydrogens is 246 g/mol. The second-order valence-corrected chi connectivity index (χ2v) is 5.82. The first-order chi connectivity index (χ1) is 8.47. The lowest BCUT2D eigenvalue weighted by molar-refractivity contribution is 0.561. The number of benzene rings is 1. The van der Waals surface area contributed by atoms with Gasteiger partial charge in [-0.05, 0) is 24.3 Å². The second-order valence-electron chi connectivity index (χ2n) is 5.38. The third kappa shape index (κ3) is 3.05. The molecular formula is C14H18ClN3. The average Bonchev–Trinajstić information content (AvgIpc) is 2.76. The van der Waals surface area contributed by atoms with Crippen molar-refractivity contribution in [1.29, 1.82) is 0 Å². The summed E-state index contributed by atoms with van der Waals surface area (Å²) in [6.07, 6.45) is 1.88. The number of nitrogens with one attached hydrogen (secondary N) is 2. The van der Waals surface area contributed by atoms with E-state index in [4.69, 9.17) is 11.6 Å². The van der Waals surface area contributed by atoms with Gasteiger partial charge in [0.2, 0.25) is 0 Å². The van der Waals surface area contributed by atoms with Crippen LogP contribution in [0.2, 0.25) is 5.02 Å². The van der Waals surface area contributed by atoms with Gasteiger partial charge in [-0.25, -0.2) is 0 Å². The summed E-state index contributed by atoms with van der Waals surface area (Å²) < 4.78 is 0. The van der Waals surface area contributed by atoms with Crippen molar-refractivity contribution in [2.24, 2.45) is 0 Å². The summed E-state index contributed by atoms with van der Waals surface area (Å²) in [6, 6.07) is 7.70. The average molecular weight is 264 g/mol.